The zero-order valence-electron chi connectivity index (χ0n) is 10.7. The average molecular weight is 234 g/mol. The minimum absolute atomic E-state index is 0.689. The molecule has 0 amide bonds. The maximum Gasteiger partial charge on any atom is 0.109 e. The fourth-order valence-electron chi connectivity index (χ4n) is 3.09. The SMILES string of the molecule is CC1CCn2c(cnc2CC2CCCOC2)C1. The number of rotatable bonds is 2. The summed E-state index contributed by atoms with van der Waals surface area (Å²) in [5.41, 5.74) is 1.44. The third kappa shape index (κ3) is 2.39. The van der Waals surface area contributed by atoms with Crippen molar-refractivity contribution in [1.29, 1.82) is 0 Å². The molecule has 3 rings (SSSR count). The predicted octanol–water partition coefficient (Wildman–Crippen LogP) is 2.43. The van der Waals surface area contributed by atoms with Crippen LogP contribution in [0.4, 0.5) is 0 Å². The zero-order chi connectivity index (χ0) is 11.7. The number of nitrogens with zero attached hydrogens (tertiary/aromatic N) is 2. The minimum Gasteiger partial charge on any atom is -0.381 e. The van der Waals surface area contributed by atoms with E-state index in [1.807, 2.05) is 0 Å². The van der Waals surface area contributed by atoms with Gasteiger partial charge in [0.15, 0.2) is 0 Å². The number of ether oxygens (including phenoxy) is 1. The van der Waals surface area contributed by atoms with Gasteiger partial charge in [0.1, 0.15) is 5.82 Å². The molecule has 0 aliphatic carbocycles. The Morgan fingerprint density at radius 3 is 3.24 bits per heavy atom. The second kappa shape index (κ2) is 4.81. The summed E-state index contributed by atoms with van der Waals surface area (Å²) in [7, 11) is 0. The second-order valence-corrected chi connectivity index (χ2v) is 5.70. The summed E-state index contributed by atoms with van der Waals surface area (Å²) < 4.78 is 8.01. The van der Waals surface area contributed by atoms with Crippen LogP contribution in [0.1, 0.15) is 37.7 Å². The summed E-state index contributed by atoms with van der Waals surface area (Å²) >= 11 is 0. The number of hydrogen-bond donors (Lipinski definition) is 0. The van der Waals surface area contributed by atoms with E-state index < -0.39 is 0 Å². The topological polar surface area (TPSA) is 27.1 Å². The Kier molecular flexibility index (Phi) is 3.19. The van der Waals surface area contributed by atoms with Gasteiger partial charge in [0, 0.05) is 38.1 Å². The summed E-state index contributed by atoms with van der Waals surface area (Å²) in [5.74, 6) is 2.81. The van der Waals surface area contributed by atoms with Crippen molar-refractivity contribution in [3.63, 3.8) is 0 Å². The Balaban J connectivity index is 1.71. The van der Waals surface area contributed by atoms with Gasteiger partial charge in [-0.1, -0.05) is 6.92 Å². The molecule has 0 N–H and O–H groups in total. The molecular weight excluding hydrogens is 212 g/mol. The Bertz CT molecular complexity index is 380. The first-order valence-corrected chi connectivity index (χ1v) is 6.94. The smallest absolute Gasteiger partial charge is 0.109 e. The lowest BCUT2D eigenvalue weighted by atomic mass is 9.96. The van der Waals surface area contributed by atoms with Gasteiger partial charge in [0.25, 0.3) is 0 Å². The van der Waals surface area contributed by atoms with Crippen molar-refractivity contribution in [2.75, 3.05) is 13.2 Å². The molecule has 0 aromatic carbocycles. The lowest BCUT2D eigenvalue weighted by molar-refractivity contribution is 0.0539. The maximum atomic E-state index is 5.55. The number of imidazole rings is 1. The third-order valence-corrected chi connectivity index (χ3v) is 4.15. The zero-order valence-corrected chi connectivity index (χ0v) is 10.7. The molecule has 1 aromatic heterocycles. The van der Waals surface area contributed by atoms with Crippen LogP contribution in [-0.4, -0.2) is 22.8 Å². The van der Waals surface area contributed by atoms with Gasteiger partial charge in [-0.05, 0) is 37.5 Å². The molecule has 0 radical (unpaired) electrons. The van der Waals surface area contributed by atoms with Crippen LogP contribution >= 0.6 is 0 Å². The van der Waals surface area contributed by atoms with Gasteiger partial charge < -0.3 is 9.30 Å². The van der Waals surface area contributed by atoms with E-state index in [-0.39, 0.29) is 0 Å². The largest absolute Gasteiger partial charge is 0.381 e. The molecule has 1 saturated heterocycles. The van der Waals surface area contributed by atoms with E-state index in [2.05, 4.69) is 22.7 Å². The fraction of sp³-hybridized carbons (Fsp3) is 0.786. The average Bonchev–Trinajstić information content (AvgIpc) is 2.73. The lowest BCUT2D eigenvalue weighted by Gasteiger charge is -2.25. The standard InChI is InChI=1S/C14H22N2O/c1-11-4-5-16-13(7-11)9-15-14(16)8-12-3-2-6-17-10-12/h9,11-12H,2-8,10H2,1H3. The monoisotopic (exact) mass is 234 g/mol. The second-order valence-electron chi connectivity index (χ2n) is 5.70. The fourth-order valence-corrected chi connectivity index (χ4v) is 3.09. The molecule has 1 fully saturated rings. The molecule has 2 unspecified atom stereocenters. The first-order chi connectivity index (χ1) is 8.33. The first kappa shape index (κ1) is 11.3. The summed E-state index contributed by atoms with van der Waals surface area (Å²) in [6, 6.07) is 0. The van der Waals surface area contributed by atoms with Gasteiger partial charge in [0.05, 0.1) is 0 Å². The molecule has 94 valence electrons. The molecule has 2 aliphatic rings. The molecule has 1 aromatic rings. The van der Waals surface area contributed by atoms with E-state index in [1.54, 1.807) is 0 Å². The number of aromatic nitrogens is 2. The molecule has 2 aliphatic heterocycles. The van der Waals surface area contributed by atoms with Crippen LogP contribution in [0.3, 0.4) is 0 Å². The lowest BCUT2D eigenvalue weighted by Crippen LogP contribution is -2.23. The predicted molar refractivity (Wildman–Crippen MR) is 67.0 cm³/mol. The van der Waals surface area contributed by atoms with Crippen molar-refractivity contribution >= 4 is 0 Å². The van der Waals surface area contributed by atoms with E-state index in [0.717, 1.165) is 25.6 Å². The van der Waals surface area contributed by atoms with Gasteiger partial charge >= 0.3 is 0 Å². The summed E-state index contributed by atoms with van der Waals surface area (Å²) in [5, 5.41) is 0. The molecule has 0 saturated carbocycles. The summed E-state index contributed by atoms with van der Waals surface area (Å²) in [4.78, 5) is 4.63. The van der Waals surface area contributed by atoms with E-state index >= 15 is 0 Å². The van der Waals surface area contributed by atoms with Crippen LogP contribution in [0.5, 0.6) is 0 Å². The number of fused-ring (bicyclic) bond motifs is 1. The van der Waals surface area contributed by atoms with E-state index in [1.165, 1.54) is 43.7 Å². The van der Waals surface area contributed by atoms with E-state index in [0.29, 0.717) is 5.92 Å². The van der Waals surface area contributed by atoms with Crippen LogP contribution < -0.4 is 0 Å². The van der Waals surface area contributed by atoms with Gasteiger partial charge in [-0.25, -0.2) is 4.98 Å². The molecule has 2 atom stereocenters. The third-order valence-electron chi connectivity index (χ3n) is 4.15. The van der Waals surface area contributed by atoms with Crippen molar-refractivity contribution in [3.05, 3.63) is 17.7 Å². The summed E-state index contributed by atoms with van der Waals surface area (Å²) in [6.45, 7) is 5.39. The van der Waals surface area contributed by atoms with Crippen molar-refractivity contribution in [2.45, 2.75) is 45.6 Å². The highest BCUT2D eigenvalue weighted by Gasteiger charge is 2.21. The van der Waals surface area contributed by atoms with Gasteiger partial charge in [0.2, 0.25) is 0 Å². The van der Waals surface area contributed by atoms with Crippen molar-refractivity contribution < 1.29 is 4.74 Å². The Hall–Kier alpha value is -0.830. The van der Waals surface area contributed by atoms with Crippen LogP contribution in [-0.2, 0) is 24.1 Å². The van der Waals surface area contributed by atoms with E-state index in [9.17, 15) is 0 Å². The van der Waals surface area contributed by atoms with Crippen LogP contribution in [0.15, 0.2) is 6.20 Å². The normalized spacial score (nSPS) is 29.0. The molecule has 0 spiro atoms. The summed E-state index contributed by atoms with van der Waals surface area (Å²) in [6.07, 6.45) is 8.22. The van der Waals surface area contributed by atoms with Crippen LogP contribution in [0.25, 0.3) is 0 Å². The Morgan fingerprint density at radius 1 is 1.47 bits per heavy atom. The Labute approximate surface area is 103 Å². The molecule has 3 nitrogen and oxygen atoms in total. The highest BCUT2D eigenvalue weighted by Crippen LogP contribution is 2.24. The first-order valence-electron chi connectivity index (χ1n) is 6.94. The van der Waals surface area contributed by atoms with Crippen molar-refractivity contribution in [3.8, 4) is 0 Å². The maximum absolute atomic E-state index is 5.55. The molecule has 17 heavy (non-hydrogen) atoms. The Morgan fingerprint density at radius 2 is 2.41 bits per heavy atom. The van der Waals surface area contributed by atoms with Crippen LogP contribution in [0, 0.1) is 11.8 Å². The quantitative estimate of drug-likeness (QED) is 0.786. The number of hydrogen-bond acceptors (Lipinski definition) is 2. The molecule has 3 heterocycles. The molecular formula is C14H22N2O. The molecule has 3 heteroatoms. The highest BCUT2D eigenvalue weighted by molar-refractivity contribution is 5.09. The molecule has 0 bridgehead atoms. The highest BCUT2D eigenvalue weighted by atomic mass is 16.5. The van der Waals surface area contributed by atoms with Crippen molar-refractivity contribution in [2.24, 2.45) is 11.8 Å². The van der Waals surface area contributed by atoms with Gasteiger partial charge in [-0.3, -0.25) is 0 Å². The van der Waals surface area contributed by atoms with Crippen molar-refractivity contribution in [1.82, 2.24) is 9.55 Å². The van der Waals surface area contributed by atoms with E-state index in [4.69, 9.17) is 4.74 Å². The van der Waals surface area contributed by atoms with Gasteiger partial charge in [-0.2, -0.15) is 0 Å². The van der Waals surface area contributed by atoms with Crippen LogP contribution in [0.2, 0.25) is 0 Å². The van der Waals surface area contributed by atoms with Gasteiger partial charge in [-0.15, -0.1) is 0 Å². The minimum atomic E-state index is 0.689.